The van der Waals surface area contributed by atoms with Gasteiger partial charge in [-0.15, -0.1) is 5.10 Å². The lowest BCUT2D eigenvalue weighted by molar-refractivity contribution is -0.242. The number of halogens is 5. The highest BCUT2D eigenvalue weighted by atomic mass is 32.2. The van der Waals surface area contributed by atoms with Gasteiger partial charge in [-0.05, 0) is 39.0 Å². The summed E-state index contributed by atoms with van der Waals surface area (Å²) in [6.07, 6.45) is -7.04. The number of anilines is 2. The Kier molecular flexibility index (Phi) is 6.82. The van der Waals surface area contributed by atoms with E-state index in [4.69, 9.17) is 9.15 Å². The van der Waals surface area contributed by atoms with Gasteiger partial charge in [0.25, 0.3) is 15.9 Å². The Balaban J connectivity index is 1.74. The lowest BCUT2D eigenvalue weighted by atomic mass is 10.1. The molecule has 0 bridgehead atoms. The first-order valence-corrected chi connectivity index (χ1v) is 12.2. The SMILES string of the molecule is Cc1nn(C(F)F)cc1S(=O)(=O)N1C[C@H](c2n[nH]c(=O)o2)Oc2ccc(NC(=O)OC(C)(C)C(F)(F)F)cc21. The molecule has 0 saturated heterocycles. The van der Waals surface area contributed by atoms with Crippen molar-refractivity contribution in [2.75, 3.05) is 16.2 Å². The van der Waals surface area contributed by atoms with Crippen LogP contribution in [0.3, 0.4) is 0 Å². The standard InChI is InChI=1S/C20H19F5N6O7S/c1-9-14(8-30(29-9)16(21)22)39(34,35)31-7-13(15-27-28-18(33)37-15)36-12-5-4-10(6-11(12)31)26-17(32)38-19(2,3)20(23,24)25/h4-6,8,13,16H,7H2,1-3H3,(H,26,32)(H,28,33)/t13-/m1/s1. The number of carbonyl (C=O) groups is 1. The lowest BCUT2D eigenvalue weighted by Crippen LogP contribution is -2.44. The van der Waals surface area contributed by atoms with Crippen molar-refractivity contribution < 1.29 is 49.1 Å². The number of benzene rings is 1. The molecule has 19 heteroatoms. The summed E-state index contributed by atoms with van der Waals surface area (Å²) in [5.74, 6) is -1.43. The zero-order valence-corrected chi connectivity index (χ0v) is 20.9. The zero-order chi connectivity index (χ0) is 28.9. The summed E-state index contributed by atoms with van der Waals surface area (Å²) >= 11 is 0. The summed E-state index contributed by atoms with van der Waals surface area (Å²) in [4.78, 5) is 23.0. The number of nitrogens with zero attached hydrogens (tertiary/aromatic N) is 4. The Bertz CT molecular complexity index is 1560. The fourth-order valence-corrected chi connectivity index (χ4v) is 5.06. The molecule has 13 nitrogen and oxygen atoms in total. The Morgan fingerprint density at radius 2 is 1.97 bits per heavy atom. The average molecular weight is 582 g/mol. The molecule has 0 spiro atoms. The van der Waals surface area contributed by atoms with Crippen LogP contribution in [0.4, 0.5) is 38.1 Å². The van der Waals surface area contributed by atoms with E-state index in [1.54, 1.807) is 0 Å². The quantitative estimate of drug-likeness (QED) is 0.415. The van der Waals surface area contributed by atoms with Crippen molar-refractivity contribution in [3.8, 4) is 5.75 Å². The van der Waals surface area contributed by atoms with Gasteiger partial charge in [0, 0.05) is 5.69 Å². The fraction of sp³-hybridized carbons (Fsp3) is 0.400. The van der Waals surface area contributed by atoms with Crippen LogP contribution >= 0.6 is 0 Å². The van der Waals surface area contributed by atoms with Crippen molar-refractivity contribution in [2.45, 2.75) is 50.1 Å². The molecule has 212 valence electrons. The van der Waals surface area contributed by atoms with Crippen LogP contribution < -0.4 is 20.1 Å². The van der Waals surface area contributed by atoms with Gasteiger partial charge in [-0.1, -0.05) is 0 Å². The summed E-state index contributed by atoms with van der Waals surface area (Å²) in [5.41, 5.74) is -3.53. The van der Waals surface area contributed by atoms with Crippen LogP contribution in [-0.2, 0) is 14.8 Å². The minimum absolute atomic E-state index is 0.143. The van der Waals surface area contributed by atoms with Crippen molar-refractivity contribution in [2.24, 2.45) is 0 Å². The maximum absolute atomic E-state index is 13.6. The molecule has 0 radical (unpaired) electrons. The summed E-state index contributed by atoms with van der Waals surface area (Å²) < 4.78 is 109. The second-order valence-corrected chi connectivity index (χ2v) is 10.5. The highest BCUT2D eigenvalue weighted by Gasteiger charge is 2.51. The van der Waals surface area contributed by atoms with Gasteiger partial charge < -0.3 is 13.9 Å². The fourth-order valence-electron chi connectivity index (χ4n) is 3.43. The third kappa shape index (κ3) is 5.38. The van der Waals surface area contributed by atoms with Crippen molar-refractivity contribution in [3.05, 3.63) is 46.5 Å². The number of alkyl halides is 5. The van der Waals surface area contributed by atoms with E-state index in [-0.39, 0.29) is 33.4 Å². The number of H-pyrrole nitrogens is 1. The molecule has 0 unspecified atom stereocenters. The first-order chi connectivity index (χ1) is 18.0. The molecule has 3 aromatic rings. The van der Waals surface area contributed by atoms with Crippen LogP contribution in [0.2, 0.25) is 0 Å². The van der Waals surface area contributed by atoms with Gasteiger partial charge in [0.2, 0.25) is 5.60 Å². The molecule has 1 aliphatic heterocycles. The number of fused-ring (bicyclic) bond motifs is 1. The Hall–Kier alpha value is -4.16. The molecule has 2 aromatic heterocycles. The molecular weight excluding hydrogens is 563 g/mol. The average Bonchev–Trinajstić information content (AvgIpc) is 3.43. The number of rotatable bonds is 6. The van der Waals surface area contributed by atoms with Crippen LogP contribution in [0, 0.1) is 6.92 Å². The molecule has 2 N–H and O–H groups in total. The normalized spacial score (nSPS) is 16.1. The van der Waals surface area contributed by atoms with E-state index in [2.05, 4.69) is 20.3 Å². The van der Waals surface area contributed by atoms with E-state index < -0.39 is 57.7 Å². The maximum atomic E-state index is 13.6. The molecule has 1 aliphatic rings. The molecule has 0 aliphatic carbocycles. The summed E-state index contributed by atoms with van der Waals surface area (Å²) in [5, 5.41) is 11.2. The Morgan fingerprint density at radius 1 is 1.28 bits per heavy atom. The highest BCUT2D eigenvalue weighted by molar-refractivity contribution is 7.92. The monoisotopic (exact) mass is 582 g/mol. The van der Waals surface area contributed by atoms with Gasteiger partial charge in [0.1, 0.15) is 10.6 Å². The van der Waals surface area contributed by atoms with E-state index in [9.17, 15) is 40.0 Å². The molecule has 0 saturated carbocycles. The van der Waals surface area contributed by atoms with E-state index in [1.165, 1.54) is 19.1 Å². The molecule has 39 heavy (non-hydrogen) atoms. The molecule has 1 atom stereocenters. The zero-order valence-electron chi connectivity index (χ0n) is 20.1. The summed E-state index contributed by atoms with van der Waals surface area (Å²) in [6.45, 7) is -1.27. The number of sulfonamides is 1. The number of hydrogen-bond donors (Lipinski definition) is 2. The van der Waals surface area contributed by atoms with Gasteiger partial charge in [-0.2, -0.15) is 27.1 Å². The van der Waals surface area contributed by atoms with Crippen molar-refractivity contribution in [3.63, 3.8) is 0 Å². The number of ether oxygens (including phenoxy) is 2. The molecular formula is C20H19F5N6O7S. The minimum Gasteiger partial charge on any atom is -0.476 e. The van der Waals surface area contributed by atoms with Gasteiger partial charge in [0.05, 0.1) is 24.1 Å². The van der Waals surface area contributed by atoms with Crippen molar-refractivity contribution in [1.82, 2.24) is 20.0 Å². The molecule has 3 heterocycles. The summed E-state index contributed by atoms with van der Waals surface area (Å²) in [7, 11) is -4.66. The third-order valence-corrected chi connectivity index (χ3v) is 7.36. The first-order valence-electron chi connectivity index (χ1n) is 10.8. The molecule has 4 rings (SSSR count). The number of hydrogen-bond acceptors (Lipinski definition) is 9. The number of aromatic amines is 1. The van der Waals surface area contributed by atoms with Gasteiger partial charge in [-0.25, -0.2) is 27.8 Å². The second-order valence-electron chi connectivity index (χ2n) is 8.64. The molecule has 0 fully saturated rings. The van der Waals surface area contributed by atoms with Crippen molar-refractivity contribution >= 4 is 27.5 Å². The minimum atomic E-state index is -4.88. The number of aryl methyl sites for hydroxylation is 1. The van der Waals surface area contributed by atoms with Crippen LogP contribution in [0.5, 0.6) is 5.75 Å². The maximum Gasteiger partial charge on any atom is 0.434 e. The van der Waals surface area contributed by atoms with Gasteiger partial charge in [0.15, 0.2) is 6.10 Å². The van der Waals surface area contributed by atoms with E-state index >= 15 is 0 Å². The van der Waals surface area contributed by atoms with Crippen LogP contribution in [0.15, 0.2) is 38.5 Å². The largest absolute Gasteiger partial charge is 0.476 e. The van der Waals surface area contributed by atoms with Crippen LogP contribution in [0.1, 0.15) is 38.1 Å². The number of nitrogens with one attached hydrogen (secondary N) is 2. The third-order valence-electron chi connectivity index (χ3n) is 5.48. The second kappa shape index (κ2) is 9.54. The predicted octanol–water partition coefficient (Wildman–Crippen LogP) is 3.48. The Labute approximate surface area is 215 Å². The smallest absolute Gasteiger partial charge is 0.434 e. The number of aromatic nitrogens is 4. The van der Waals surface area contributed by atoms with Gasteiger partial charge in [-0.3, -0.25) is 9.62 Å². The first kappa shape index (κ1) is 27.9. The molecule has 1 aromatic carbocycles. The molecule has 1 amide bonds. The highest BCUT2D eigenvalue weighted by Crippen LogP contribution is 2.42. The lowest BCUT2D eigenvalue weighted by Gasteiger charge is -2.34. The van der Waals surface area contributed by atoms with Crippen molar-refractivity contribution in [1.29, 1.82) is 0 Å². The van der Waals surface area contributed by atoms with E-state index in [0.29, 0.717) is 24.3 Å². The number of amides is 1. The topological polar surface area (TPSA) is 162 Å². The number of carbonyl (C=O) groups excluding carboxylic acids is 1. The van der Waals surface area contributed by atoms with Gasteiger partial charge >= 0.3 is 24.6 Å². The van der Waals surface area contributed by atoms with E-state index in [1.807, 2.05) is 5.10 Å². The van der Waals surface area contributed by atoms with E-state index in [0.717, 1.165) is 6.07 Å². The Morgan fingerprint density at radius 3 is 2.54 bits per heavy atom. The van der Waals surface area contributed by atoms with Crippen LogP contribution in [-0.4, -0.2) is 52.8 Å². The van der Waals surface area contributed by atoms with Crippen LogP contribution in [0.25, 0.3) is 0 Å². The predicted molar refractivity (Wildman–Crippen MR) is 120 cm³/mol. The summed E-state index contributed by atoms with van der Waals surface area (Å²) in [6, 6.07) is 3.40.